The molecule has 0 radical (unpaired) electrons. The summed E-state index contributed by atoms with van der Waals surface area (Å²) >= 11 is 0. The van der Waals surface area contributed by atoms with Gasteiger partial charge >= 0.3 is 7.75 Å². The lowest BCUT2D eigenvalue weighted by atomic mass is 10.3. The summed E-state index contributed by atoms with van der Waals surface area (Å²) in [6.45, 7) is 0. The Labute approximate surface area is 181 Å². The van der Waals surface area contributed by atoms with Crippen LogP contribution in [0.2, 0.25) is 0 Å². The normalized spacial score (nSPS) is 11.5. The van der Waals surface area contributed by atoms with Gasteiger partial charge < -0.3 is 13.9 Å². The lowest BCUT2D eigenvalue weighted by Crippen LogP contribution is -2.16. The van der Waals surface area contributed by atoms with Crippen LogP contribution in [0.1, 0.15) is 0 Å². The summed E-state index contributed by atoms with van der Waals surface area (Å²) in [7, 11) is -7.65. The zero-order chi connectivity index (χ0) is 21.6. The van der Waals surface area contributed by atoms with Crippen LogP contribution >= 0.6 is 15.0 Å². The summed E-state index contributed by atoms with van der Waals surface area (Å²) in [5, 5.41) is 1.10. The van der Waals surface area contributed by atoms with Crippen molar-refractivity contribution >= 4 is 25.6 Å². The maximum absolute atomic E-state index is 14.0. The van der Waals surface area contributed by atoms with Gasteiger partial charge in [0.15, 0.2) is 7.28 Å². The molecule has 0 saturated carbocycles. The predicted octanol–water partition coefficient (Wildman–Crippen LogP) is 6.01. The Bertz CT molecular complexity index is 1130. The second-order valence-electron chi connectivity index (χ2n) is 6.64. The Morgan fingerprint density at radius 1 is 0.548 bits per heavy atom. The molecular formula is C24H21NO4P2. The Balaban J connectivity index is 1.89. The molecule has 0 unspecified atom stereocenters. The highest BCUT2D eigenvalue weighted by Crippen LogP contribution is 2.59. The average molecular weight is 449 g/mol. The van der Waals surface area contributed by atoms with E-state index in [0.29, 0.717) is 22.1 Å². The van der Waals surface area contributed by atoms with Crippen molar-refractivity contribution in [1.29, 1.82) is 0 Å². The number of hydrogen-bond acceptors (Lipinski definition) is 3. The van der Waals surface area contributed by atoms with E-state index in [1.165, 1.54) is 0 Å². The summed E-state index contributed by atoms with van der Waals surface area (Å²) in [6, 6.07) is 35.3. The van der Waals surface area contributed by atoms with Gasteiger partial charge in [-0.05, 0) is 24.3 Å². The second-order valence-corrected chi connectivity index (χ2v) is 10.9. The highest BCUT2D eigenvalue weighted by Gasteiger charge is 2.35. The van der Waals surface area contributed by atoms with Crippen LogP contribution in [0, 0.1) is 0 Å². The van der Waals surface area contributed by atoms with E-state index in [9.17, 15) is 9.46 Å². The van der Waals surface area contributed by atoms with Crippen molar-refractivity contribution in [3.05, 3.63) is 121 Å². The quantitative estimate of drug-likeness (QED) is 0.351. The second kappa shape index (κ2) is 9.36. The molecule has 4 aromatic carbocycles. The monoisotopic (exact) mass is 449 g/mol. The predicted molar refractivity (Wildman–Crippen MR) is 125 cm³/mol. The smallest absolute Gasteiger partial charge is 0.399 e. The molecule has 156 valence electrons. The lowest BCUT2D eigenvalue weighted by Gasteiger charge is -2.23. The molecule has 0 spiro atoms. The Kier molecular flexibility index (Phi) is 6.39. The van der Waals surface area contributed by atoms with Gasteiger partial charge in [0, 0.05) is 10.6 Å². The molecular weight excluding hydrogens is 428 g/mol. The van der Waals surface area contributed by atoms with Gasteiger partial charge in [-0.1, -0.05) is 97.1 Å². The third kappa shape index (κ3) is 5.15. The highest BCUT2D eigenvalue weighted by molar-refractivity contribution is 7.80. The third-order valence-corrected chi connectivity index (χ3v) is 9.23. The fourth-order valence-corrected chi connectivity index (χ4v) is 7.64. The molecule has 31 heavy (non-hydrogen) atoms. The number of benzene rings is 4. The van der Waals surface area contributed by atoms with Crippen LogP contribution in [0.25, 0.3) is 0 Å². The number of para-hydroxylation sites is 2. The summed E-state index contributed by atoms with van der Waals surface area (Å²) in [5.74, 6) is 0.663. The number of hydrogen-bond donors (Lipinski definition) is 1. The van der Waals surface area contributed by atoms with Gasteiger partial charge in [0.25, 0.3) is 0 Å². The molecule has 4 rings (SSSR count). The first-order valence-corrected chi connectivity index (χ1v) is 12.8. The third-order valence-electron chi connectivity index (χ3n) is 4.40. The van der Waals surface area contributed by atoms with Crippen molar-refractivity contribution in [3.8, 4) is 11.5 Å². The van der Waals surface area contributed by atoms with Gasteiger partial charge in [0.1, 0.15) is 11.5 Å². The van der Waals surface area contributed by atoms with E-state index in [0.717, 1.165) is 0 Å². The van der Waals surface area contributed by atoms with Crippen LogP contribution < -0.4 is 19.7 Å². The van der Waals surface area contributed by atoms with Crippen molar-refractivity contribution in [2.75, 3.05) is 0 Å². The molecule has 1 N–H and O–H groups in total. The number of nitrogens with zero attached hydrogens (tertiary/aromatic N) is 1. The van der Waals surface area contributed by atoms with Crippen LogP contribution in [0.4, 0.5) is 0 Å². The Morgan fingerprint density at radius 2 is 0.871 bits per heavy atom. The van der Waals surface area contributed by atoms with Gasteiger partial charge in [0.2, 0.25) is 0 Å². The zero-order valence-corrected chi connectivity index (χ0v) is 18.3. The zero-order valence-electron chi connectivity index (χ0n) is 16.6. The van der Waals surface area contributed by atoms with Crippen LogP contribution in [-0.2, 0) is 4.57 Å². The average Bonchev–Trinajstić information content (AvgIpc) is 2.81. The molecule has 0 aliphatic carbocycles. The molecule has 0 heterocycles. The van der Waals surface area contributed by atoms with E-state index in [1.807, 2.05) is 24.3 Å². The van der Waals surface area contributed by atoms with Crippen molar-refractivity contribution in [2.24, 2.45) is 4.52 Å². The fraction of sp³-hybridized carbons (Fsp3) is 0. The van der Waals surface area contributed by atoms with Crippen molar-refractivity contribution in [1.82, 2.24) is 0 Å². The van der Waals surface area contributed by atoms with E-state index in [-0.39, 0.29) is 0 Å². The molecule has 5 nitrogen and oxygen atoms in total. The molecule has 0 aromatic heterocycles. The first-order valence-electron chi connectivity index (χ1n) is 9.65. The Morgan fingerprint density at radius 3 is 1.23 bits per heavy atom. The first kappa shape index (κ1) is 21.1. The maximum Gasteiger partial charge on any atom is 0.564 e. The van der Waals surface area contributed by atoms with Crippen LogP contribution in [0.5, 0.6) is 11.5 Å². The van der Waals surface area contributed by atoms with Crippen molar-refractivity contribution in [2.45, 2.75) is 0 Å². The highest BCUT2D eigenvalue weighted by atomic mass is 31.2. The minimum absolute atomic E-state index is 0.332. The summed E-state index contributed by atoms with van der Waals surface area (Å²) in [4.78, 5) is 11.9. The van der Waals surface area contributed by atoms with Gasteiger partial charge in [0.05, 0.1) is 0 Å². The molecule has 0 bridgehead atoms. The first-order chi connectivity index (χ1) is 15.1. The van der Waals surface area contributed by atoms with Gasteiger partial charge in [-0.2, -0.15) is 0 Å². The van der Waals surface area contributed by atoms with E-state index < -0.39 is 15.0 Å². The van der Waals surface area contributed by atoms with Gasteiger partial charge in [-0.25, -0.2) is 4.57 Å². The van der Waals surface area contributed by atoms with Gasteiger partial charge in [-0.15, -0.1) is 4.52 Å². The van der Waals surface area contributed by atoms with E-state index in [2.05, 4.69) is 4.52 Å². The topological polar surface area (TPSA) is 68.1 Å². The standard InChI is InChI=1S/C24H21NO4P2/c26-30(23-17-9-3-10-18-23,24-19-11-4-12-20-24)25-31(27,28-21-13-5-1-6-14-21)29-22-15-7-2-8-16-22/h1-20,26H. The lowest BCUT2D eigenvalue weighted by molar-refractivity contribution is 0.388. The van der Waals surface area contributed by atoms with E-state index >= 15 is 0 Å². The van der Waals surface area contributed by atoms with Crippen molar-refractivity contribution < 1.29 is 18.5 Å². The molecule has 0 aliphatic heterocycles. The molecule has 0 atom stereocenters. The molecule has 0 aliphatic rings. The fourth-order valence-electron chi connectivity index (χ4n) is 2.97. The number of rotatable bonds is 7. The SMILES string of the molecule is O=P(N=P(O)(c1ccccc1)c1ccccc1)(Oc1ccccc1)Oc1ccccc1. The summed E-state index contributed by atoms with van der Waals surface area (Å²) in [6.07, 6.45) is 0. The van der Waals surface area contributed by atoms with Crippen LogP contribution in [0.3, 0.4) is 0 Å². The molecule has 0 fully saturated rings. The molecule has 7 heteroatoms. The minimum atomic E-state index is -4.19. The molecule has 4 aromatic rings. The molecule has 0 amide bonds. The Hall–Kier alpha value is -3.10. The maximum atomic E-state index is 14.0. The summed E-state index contributed by atoms with van der Waals surface area (Å²) in [5.41, 5.74) is 0. The van der Waals surface area contributed by atoms with E-state index in [4.69, 9.17) is 9.05 Å². The minimum Gasteiger partial charge on any atom is -0.399 e. The van der Waals surface area contributed by atoms with Gasteiger partial charge in [-0.3, -0.25) is 0 Å². The van der Waals surface area contributed by atoms with Crippen molar-refractivity contribution in [3.63, 3.8) is 0 Å². The van der Waals surface area contributed by atoms with Crippen LogP contribution in [-0.4, -0.2) is 4.89 Å². The molecule has 0 saturated heterocycles. The largest absolute Gasteiger partial charge is 0.564 e. The van der Waals surface area contributed by atoms with Crippen LogP contribution in [0.15, 0.2) is 126 Å². The summed E-state index contributed by atoms with van der Waals surface area (Å²) < 4.78 is 30.0. The van der Waals surface area contributed by atoms with E-state index in [1.54, 1.807) is 97.1 Å².